The van der Waals surface area contributed by atoms with E-state index in [4.69, 9.17) is 0 Å². The first-order valence-electron chi connectivity index (χ1n) is 10.5. The van der Waals surface area contributed by atoms with Crippen LogP contribution in [0.5, 0.6) is 0 Å². The van der Waals surface area contributed by atoms with Crippen LogP contribution in [0.25, 0.3) is 17.1 Å². The molecule has 6 heteroatoms. The van der Waals surface area contributed by atoms with Gasteiger partial charge >= 0.3 is 0 Å². The molecule has 5 nitrogen and oxygen atoms in total. The number of aromatic nitrogens is 3. The van der Waals surface area contributed by atoms with Gasteiger partial charge < -0.3 is 5.32 Å². The minimum Gasteiger partial charge on any atom is -0.319 e. The molecule has 0 unspecified atom stereocenters. The van der Waals surface area contributed by atoms with E-state index in [0.717, 1.165) is 38.1 Å². The van der Waals surface area contributed by atoms with Crippen molar-refractivity contribution in [2.75, 3.05) is 5.32 Å². The molecule has 1 aromatic heterocycles. The third kappa shape index (κ3) is 4.65. The fraction of sp³-hybridized carbons (Fsp3) is 0.192. The first-order chi connectivity index (χ1) is 15.3. The molecular formula is C26H25BrN4O. The zero-order valence-corrected chi connectivity index (χ0v) is 20.1. The van der Waals surface area contributed by atoms with Gasteiger partial charge in [0.15, 0.2) is 5.82 Å². The lowest BCUT2D eigenvalue weighted by Gasteiger charge is -2.13. The maximum atomic E-state index is 13.2. The summed E-state index contributed by atoms with van der Waals surface area (Å²) in [6.07, 6.45) is 0. The Labute approximate surface area is 196 Å². The van der Waals surface area contributed by atoms with Crippen LogP contribution in [0.1, 0.15) is 47.1 Å². The molecule has 0 bridgehead atoms. The van der Waals surface area contributed by atoms with Gasteiger partial charge in [-0.2, -0.15) is 0 Å². The number of hydrogen-bond acceptors (Lipinski definition) is 3. The molecule has 0 radical (unpaired) electrons. The summed E-state index contributed by atoms with van der Waals surface area (Å²) >= 11 is 3.51. The van der Waals surface area contributed by atoms with Gasteiger partial charge in [0.25, 0.3) is 5.91 Å². The minimum atomic E-state index is -0.338. The van der Waals surface area contributed by atoms with Crippen LogP contribution in [0.2, 0.25) is 0 Å². The number of carbonyl (C=O) groups is 1. The van der Waals surface area contributed by atoms with Crippen molar-refractivity contribution in [2.24, 2.45) is 0 Å². The predicted molar refractivity (Wildman–Crippen MR) is 132 cm³/mol. The molecule has 0 atom stereocenters. The van der Waals surface area contributed by atoms with Crippen molar-refractivity contribution in [3.63, 3.8) is 0 Å². The second-order valence-corrected chi connectivity index (χ2v) is 9.14. The molecule has 0 spiro atoms. The molecule has 162 valence electrons. The molecule has 32 heavy (non-hydrogen) atoms. The molecule has 0 saturated carbocycles. The number of nitrogens with one attached hydrogen (secondary N) is 1. The molecule has 0 fully saturated rings. The van der Waals surface area contributed by atoms with Gasteiger partial charge in [-0.1, -0.05) is 65.7 Å². The highest BCUT2D eigenvalue weighted by molar-refractivity contribution is 9.10. The summed E-state index contributed by atoms with van der Waals surface area (Å²) in [5.74, 6) is 0.669. The van der Waals surface area contributed by atoms with E-state index in [9.17, 15) is 4.79 Å². The average Bonchev–Trinajstić information content (AvgIpc) is 3.20. The highest BCUT2D eigenvalue weighted by Crippen LogP contribution is 2.28. The number of hydrogen-bond donors (Lipinski definition) is 1. The van der Waals surface area contributed by atoms with Crippen molar-refractivity contribution in [3.8, 4) is 17.1 Å². The summed E-state index contributed by atoms with van der Waals surface area (Å²) in [5, 5.41) is 7.60. The number of aryl methyl sites for hydroxylation is 2. The number of anilines is 1. The number of nitrogens with zero attached hydrogens (tertiary/aromatic N) is 3. The fourth-order valence-corrected chi connectivity index (χ4v) is 4.00. The Morgan fingerprint density at radius 2 is 1.69 bits per heavy atom. The molecule has 1 N–H and O–H groups in total. The van der Waals surface area contributed by atoms with Crippen LogP contribution in [0.4, 0.5) is 5.69 Å². The summed E-state index contributed by atoms with van der Waals surface area (Å²) < 4.78 is 2.71. The maximum Gasteiger partial charge on any atom is 0.295 e. The third-order valence-electron chi connectivity index (χ3n) is 5.22. The molecule has 0 aliphatic heterocycles. The average molecular weight is 489 g/mol. The van der Waals surface area contributed by atoms with E-state index in [1.807, 2.05) is 80.6 Å². The third-order valence-corrected chi connectivity index (χ3v) is 5.71. The Bertz CT molecular complexity index is 1230. The summed E-state index contributed by atoms with van der Waals surface area (Å²) in [6, 6.07) is 21.9. The Morgan fingerprint density at radius 3 is 2.38 bits per heavy atom. The van der Waals surface area contributed by atoms with Crippen LogP contribution in [0.15, 0.2) is 71.2 Å². The SMILES string of the molecule is Cc1cccc(-c2nc(C(=O)Nc3ccc(Br)cc3C(C)C)nn2-c2cccc(C)c2)c1. The first kappa shape index (κ1) is 22.0. The summed E-state index contributed by atoms with van der Waals surface area (Å²) in [6.45, 7) is 8.25. The van der Waals surface area contributed by atoms with Gasteiger partial charge in [-0.05, 0) is 67.3 Å². The zero-order valence-electron chi connectivity index (χ0n) is 18.6. The Kier molecular flexibility index (Phi) is 6.24. The molecule has 4 aromatic rings. The van der Waals surface area contributed by atoms with Crippen molar-refractivity contribution in [1.29, 1.82) is 0 Å². The van der Waals surface area contributed by atoms with Gasteiger partial charge in [0.2, 0.25) is 5.82 Å². The molecular weight excluding hydrogens is 464 g/mol. The van der Waals surface area contributed by atoms with Gasteiger partial charge in [-0.25, -0.2) is 9.67 Å². The largest absolute Gasteiger partial charge is 0.319 e. The Hall–Kier alpha value is -3.25. The van der Waals surface area contributed by atoms with E-state index in [1.54, 1.807) is 4.68 Å². The lowest BCUT2D eigenvalue weighted by atomic mass is 10.0. The van der Waals surface area contributed by atoms with E-state index < -0.39 is 0 Å². The lowest BCUT2D eigenvalue weighted by Crippen LogP contribution is -2.16. The van der Waals surface area contributed by atoms with Gasteiger partial charge in [-0.3, -0.25) is 4.79 Å². The van der Waals surface area contributed by atoms with Gasteiger partial charge in [0.05, 0.1) is 5.69 Å². The van der Waals surface area contributed by atoms with E-state index in [-0.39, 0.29) is 17.6 Å². The van der Waals surface area contributed by atoms with Crippen LogP contribution in [-0.2, 0) is 0 Å². The highest BCUT2D eigenvalue weighted by Gasteiger charge is 2.20. The van der Waals surface area contributed by atoms with E-state index in [0.29, 0.717) is 5.82 Å². The second kappa shape index (κ2) is 9.09. The fourth-order valence-electron chi connectivity index (χ4n) is 3.62. The van der Waals surface area contributed by atoms with Gasteiger partial charge in [0, 0.05) is 15.7 Å². The van der Waals surface area contributed by atoms with Crippen LogP contribution in [0, 0.1) is 13.8 Å². The highest BCUT2D eigenvalue weighted by atomic mass is 79.9. The molecule has 0 aliphatic carbocycles. The number of rotatable bonds is 5. The first-order valence-corrected chi connectivity index (χ1v) is 11.3. The Balaban J connectivity index is 1.77. The second-order valence-electron chi connectivity index (χ2n) is 8.22. The quantitative estimate of drug-likeness (QED) is 0.340. The van der Waals surface area contributed by atoms with Gasteiger partial charge in [-0.15, -0.1) is 5.10 Å². The van der Waals surface area contributed by atoms with Gasteiger partial charge in [0.1, 0.15) is 0 Å². The molecule has 1 amide bonds. The standard InChI is InChI=1S/C26H25BrN4O/c1-16(2)22-15-20(27)11-12-23(22)28-26(32)24-29-25(19-9-5-7-17(3)13-19)31(30-24)21-10-6-8-18(4)14-21/h5-16H,1-4H3,(H,28,32). The normalized spacial score (nSPS) is 11.1. The van der Waals surface area contributed by atoms with E-state index in [1.165, 1.54) is 0 Å². The lowest BCUT2D eigenvalue weighted by molar-refractivity contribution is 0.101. The summed E-state index contributed by atoms with van der Waals surface area (Å²) in [4.78, 5) is 17.8. The molecule has 3 aromatic carbocycles. The smallest absolute Gasteiger partial charge is 0.295 e. The topological polar surface area (TPSA) is 59.8 Å². The van der Waals surface area contributed by atoms with Crippen LogP contribution < -0.4 is 5.32 Å². The summed E-state index contributed by atoms with van der Waals surface area (Å²) in [7, 11) is 0. The van der Waals surface area contributed by atoms with Crippen molar-refractivity contribution in [1.82, 2.24) is 14.8 Å². The zero-order chi connectivity index (χ0) is 22.8. The van der Waals surface area contributed by atoms with Crippen molar-refractivity contribution >= 4 is 27.5 Å². The van der Waals surface area contributed by atoms with Crippen molar-refractivity contribution < 1.29 is 4.79 Å². The van der Waals surface area contributed by atoms with E-state index in [2.05, 4.69) is 45.2 Å². The molecule has 4 rings (SSSR count). The number of benzene rings is 3. The van der Waals surface area contributed by atoms with Crippen LogP contribution in [0.3, 0.4) is 0 Å². The Morgan fingerprint density at radius 1 is 0.969 bits per heavy atom. The molecule has 0 saturated heterocycles. The predicted octanol–water partition coefficient (Wildman–Crippen LogP) is 6.69. The minimum absolute atomic E-state index is 0.126. The van der Waals surface area contributed by atoms with Crippen LogP contribution in [-0.4, -0.2) is 20.7 Å². The summed E-state index contributed by atoms with van der Waals surface area (Å²) in [5.41, 5.74) is 5.80. The monoisotopic (exact) mass is 488 g/mol. The maximum absolute atomic E-state index is 13.2. The number of carbonyl (C=O) groups excluding carboxylic acids is 1. The molecule has 1 heterocycles. The number of halogens is 1. The van der Waals surface area contributed by atoms with Crippen molar-refractivity contribution in [3.05, 3.63) is 93.7 Å². The van der Waals surface area contributed by atoms with Crippen LogP contribution >= 0.6 is 15.9 Å². The number of amides is 1. The molecule has 0 aliphatic rings. The van der Waals surface area contributed by atoms with E-state index >= 15 is 0 Å². The van der Waals surface area contributed by atoms with Crippen molar-refractivity contribution in [2.45, 2.75) is 33.6 Å².